The van der Waals surface area contributed by atoms with Gasteiger partial charge in [0, 0.05) is 14.2 Å². The number of ether oxygens (including phenoxy) is 2. The lowest BCUT2D eigenvalue weighted by Crippen LogP contribution is -2.35. The molecule has 0 heterocycles. The van der Waals surface area contributed by atoms with E-state index in [4.69, 9.17) is 167 Å². The summed E-state index contributed by atoms with van der Waals surface area (Å²) in [7, 11) is 2.90. The monoisotopic (exact) mass is 1740 g/mol. The van der Waals surface area contributed by atoms with Crippen molar-refractivity contribution in [3.63, 3.8) is 0 Å². The van der Waals surface area contributed by atoms with Gasteiger partial charge in [0.05, 0.1) is 189 Å². The molecule has 0 saturated carbocycles. The summed E-state index contributed by atoms with van der Waals surface area (Å²) in [5.41, 5.74) is 0. The van der Waals surface area contributed by atoms with E-state index in [1.807, 2.05) is 91.0 Å². The fourth-order valence-electron chi connectivity index (χ4n) is 6.92. The molecule has 0 unspecified atom stereocenters. The van der Waals surface area contributed by atoms with Crippen molar-refractivity contribution in [3.8, 4) is 91.0 Å². The minimum absolute atomic E-state index is 0.0246. The van der Waals surface area contributed by atoms with Crippen LogP contribution in [0, 0.1) is 170 Å². The third-order valence-electron chi connectivity index (χ3n) is 12.8. The second-order valence-electron chi connectivity index (χ2n) is 22.6. The van der Waals surface area contributed by atoms with Crippen LogP contribution in [-0.2, 0) is 146 Å². The predicted octanol–water partition coefficient (Wildman–Crippen LogP) is -4.34. The first-order valence-electron chi connectivity index (χ1n) is 34.7. The molecule has 0 radical (unpaired) electrons. The third kappa shape index (κ3) is 68.1. The van der Waals surface area contributed by atoms with Crippen LogP contribution in [0.5, 0.6) is 0 Å². The van der Waals surface area contributed by atoms with Gasteiger partial charge in [0.2, 0.25) is 0 Å². The molecule has 0 aliphatic carbocycles. The van der Waals surface area contributed by atoms with E-state index in [2.05, 4.69) is 0 Å². The van der Waals surface area contributed by atoms with E-state index >= 15 is 0 Å². The highest BCUT2D eigenvalue weighted by molar-refractivity contribution is 4.81. The molecule has 0 aromatic rings. The Labute approximate surface area is 702 Å². The summed E-state index contributed by atoms with van der Waals surface area (Å²) in [5, 5.41) is 139. The van der Waals surface area contributed by atoms with Gasteiger partial charge in [0.25, 0.3) is 0 Å². The van der Waals surface area contributed by atoms with Crippen LogP contribution in [0.4, 0.5) is 0 Å². The van der Waals surface area contributed by atoms with Crippen LogP contribution >= 0.6 is 0 Å². The van der Waals surface area contributed by atoms with E-state index in [-0.39, 0.29) is 300 Å². The van der Waals surface area contributed by atoms with Gasteiger partial charge in [0.15, 0.2) is 0 Å². The Bertz CT molecular complexity index is 3030. The maximum Gasteiger partial charge on any atom is 0.138 e. The molecule has 0 atom stereocenters. The van der Waals surface area contributed by atoms with Gasteiger partial charge in [-0.2, -0.15) is 78.9 Å². The van der Waals surface area contributed by atoms with E-state index < -0.39 is 0 Å². The summed E-state index contributed by atoms with van der Waals surface area (Å²) in [5.74, 6) is 0. The maximum atomic E-state index is 9.37. The van der Waals surface area contributed by atoms with Crippen molar-refractivity contribution in [3.05, 3.63) is 0 Å². The average Bonchev–Trinajstić information content (AvgIpc) is 0.973. The van der Waals surface area contributed by atoms with Gasteiger partial charge >= 0.3 is 0 Å². The van der Waals surface area contributed by atoms with Gasteiger partial charge in [-0.1, -0.05) is 0 Å². The molecule has 0 N–H and O–H groups in total. The maximum absolute atomic E-state index is 9.37. The molecule has 122 heavy (non-hydrogen) atoms. The lowest BCUT2D eigenvalue weighted by molar-refractivity contribution is -0.392. The molecule has 0 aliphatic rings. The van der Waals surface area contributed by atoms with Crippen LogP contribution in [0.25, 0.3) is 0 Å². The molecule has 60 nitrogen and oxygen atoms in total. The molecule has 0 aliphatic heterocycles. The zero-order valence-electron chi connectivity index (χ0n) is 67.0. The van der Waals surface area contributed by atoms with Crippen molar-refractivity contribution in [1.82, 2.24) is 73.5 Å². The Morgan fingerprint density at radius 1 is 0.115 bits per heavy atom. The molecular weight excluding hydrogens is 1640 g/mol. The predicted molar refractivity (Wildman–Crippen MR) is 375 cm³/mol. The molecule has 0 rings (SSSR count). The van der Waals surface area contributed by atoms with Crippen molar-refractivity contribution in [2.45, 2.75) is 0 Å². The van der Waals surface area contributed by atoms with E-state index in [0.29, 0.717) is 0 Å². The second kappa shape index (κ2) is 86.5. The minimum atomic E-state index is -0.351. The number of nitriles is 15. The molecule has 0 fully saturated rings. The number of nitrogens with zero attached hydrogens (tertiary/aromatic N) is 30. The highest BCUT2D eigenvalue weighted by Crippen LogP contribution is 2.06. The average molecular weight is 1740 g/mol. The fourth-order valence-corrected chi connectivity index (χ4v) is 6.92. The van der Waals surface area contributed by atoms with E-state index in [9.17, 15) is 57.9 Å². The molecule has 0 saturated heterocycles. The molecule has 0 spiro atoms. The standard InChI is InChI=1S/C62H96N30O30/c1-93-33-78(18-3-63)35-95-97-37-80(20-5-65)39-99-101-41-82(22-7-67)43-103-105-45-84(24-9-69)47-107-109-49-86(26-11-71)51-111-113-53-88(28-13-73)55-115-117-57-90(30-15-75)59-119-121-61-92(32-17-77)62-122-120-60-91(31-16-76)58-118-116-56-89(29-14-74)54-114-112-52-87(27-12-72)50-110-108-48-85(25-10-70)46-106-104-44-83(23-8-68)42-102-100-40-81(21-6-66)38-98-96-36-79(19-4-64)34-94-2/h18-62H2,1-2H3. The smallest absolute Gasteiger partial charge is 0.138 e. The van der Waals surface area contributed by atoms with Gasteiger partial charge in [-0.15, -0.1) is 0 Å². The van der Waals surface area contributed by atoms with Crippen LogP contribution in [-0.4, -0.2) is 388 Å². The van der Waals surface area contributed by atoms with Crippen LogP contribution in [0.2, 0.25) is 0 Å². The summed E-state index contributed by atoms with van der Waals surface area (Å²) in [6, 6.07) is 28.9. The zero-order valence-corrected chi connectivity index (χ0v) is 67.0. The Morgan fingerprint density at radius 2 is 0.172 bits per heavy atom. The molecule has 60 heteroatoms. The normalized spacial score (nSPS) is 11.4. The first-order chi connectivity index (χ1) is 59.9. The topological polar surface area (TPSA) is 682 Å². The Kier molecular flexibility index (Phi) is 79.8. The lowest BCUT2D eigenvalue weighted by atomic mass is 10.6. The Balaban J connectivity index is 4.73. The van der Waals surface area contributed by atoms with Crippen molar-refractivity contribution in [2.75, 3.05) is 314 Å². The quantitative estimate of drug-likeness (QED) is 0.0183. The van der Waals surface area contributed by atoms with Crippen molar-refractivity contribution in [1.29, 1.82) is 78.9 Å². The number of hydrogen-bond donors (Lipinski definition) is 0. The molecule has 674 valence electrons. The van der Waals surface area contributed by atoms with Crippen LogP contribution in [0.3, 0.4) is 0 Å². The van der Waals surface area contributed by atoms with Crippen molar-refractivity contribution in [2.24, 2.45) is 0 Å². The van der Waals surface area contributed by atoms with Gasteiger partial charge in [-0.3, -0.25) is 0 Å². The van der Waals surface area contributed by atoms with Crippen LogP contribution < -0.4 is 0 Å². The number of rotatable bonds is 89. The zero-order chi connectivity index (χ0) is 89.3. The molecular formula is C62H96N30O30. The summed E-state index contributed by atoms with van der Waals surface area (Å²) < 4.78 is 9.93. The summed E-state index contributed by atoms with van der Waals surface area (Å²) >= 11 is 0. The van der Waals surface area contributed by atoms with Gasteiger partial charge < -0.3 is 9.47 Å². The highest BCUT2D eigenvalue weighted by Gasteiger charge is 2.20. The van der Waals surface area contributed by atoms with Gasteiger partial charge in [-0.25, -0.2) is 210 Å². The van der Waals surface area contributed by atoms with E-state index in [1.165, 1.54) is 87.7 Å². The fraction of sp³-hybridized carbons (Fsp3) is 0.758. The van der Waals surface area contributed by atoms with Crippen LogP contribution in [0.1, 0.15) is 0 Å². The number of methoxy groups -OCH3 is 2. The van der Waals surface area contributed by atoms with Crippen LogP contribution in [0.15, 0.2) is 0 Å². The van der Waals surface area contributed by atoms with Crippen molar-refractivity contribution < 1.29 is 146 Å². The van der Waals surface area contributed by atoms with E-state index in [1.54, 1.807) is 0 Å². The second-order valence-corrected chi connectivity index (χ2v) is 22.6. The molecule has 0 amide bonds. The molecule has 0 bridgehead atoms. The molecule has 0 aromatic carbocycles. The highest BCUT2D eigenvalue weighted by atomic mass is 17.3. The Hall–Kier alpha value is -9.45. The summed E-state index contributed by atoms with van der Waals surface area (Å²) in [6.07, 6.45) is 0. The van der Waals surface area contributed by atoms with Gasteiger partial charge in [0.1, 0.15) is 202 Å². The first kappa shape index (κ1) is 113. The SMILES string of the molecule is COCN(CC#N)COOCN(CC#N)COOCN(CC#N)COOCN(CC#N)COOCN(CC#N)COOCN(CC#N)COOCN(CC#N)COOCN(CC#N)COOCN(CC#N)COOCN(CC#N)COOCN(CC#N)COOCN(CC#N)COOCN(CC#N)COOCN(CC#N)COOCN(CC#N)COC. The molecule has 0 aromatic heterocycles. The Morgan fingerprint density at radius 3 is 0.221 bits per heavy atom. The summed E-state index contributed by atoms with van der Waals surface area (Å²) in [4.78, 5) is 164. The van der Waals surface area contributed by atoms with Gasteiger partial charge in [-0.05, 0) is 0 Å². The first-order valence-corrected chi connectivity index (χ1v) is 34.7. The van der Waals surface area contributed by atoms with Crippen molar-refractivity contribution >= 4 is 0 Å². The lowest BCUT2D eigenvalue weighted by Gasteiger charge is -2.23. The minimum Gasteiger partial charge on any atom is -0.369 e. The summed E-state index contributed by atoms with van der Waals surface area (Å²) in [6.45, 7) is -10.7. The largest absolute Gasteiger partial charge is 0.369 e. The van der Waals surface area contributed by atoms with E-state index in [0.717, 1.165) is 0 Å². The third-order valence-corrected chi connectivity index (χ3v) is 12.8. The number of hydrogen-bond acceptors (Lipinski definition) is 60.